The summed E-state index contributed by atoms with van der Waals surface area (Å²) in [6.07, 6.45) is 7.00. The molecule has 0 atom stereocenters. The van der Waals surface area contributed by atoms with Crippen LogP contribution in [0.4, 0.5) is 0 Å². The number of likely N-dealkylation sites (tertiary alicyclic amines) is 1. The van der Waals surface area contributed by atoms with E-state index < -0.39 is 0 Å². The van der Waals surface area contributed by atoms with Gasteiger partial charge in [-0.1, -0.05) is 13.8 Å². The lowest BCUT2D eigenvalue weighted by atomic mass is 10.0. The van der Waals surface area contributed by atoms with Crippen LogP contribution in [-0.4, -0.2) is 37.1 Å². The molecule has 2 aliphatic rings. The predicted molar refractivity (Wildman–Crippen MR) is 65.1 cm³/mol. The van der Waals surface area contributed by atoms with Crippen molar-refractivity contribution < 1.29 is 0 Å². The van der Waals surface area contributed by atoms with E-state index in [-0.39, 0.29) is 0 Å². The highest BCUT2D eigenvalue weighted by atomic mass is 15.1. The van der Waals surface area contributed by atoms with Gasteiger partial charge in [0.25, 0.3) is 0 Å². The number of nitrogens with zero attached hydrogens (tertiary/aromatic N) is 1. The van der Waals surface area contributed by atoms with E-state index >= 15 is 0 Å². The van der Waals surface area contributed by atoms with Crippen LogP contribution in [-0.2, 0) is 0 Å². The largest absolute Gasteiger partial charge is 0.313 e. The Balaban J connectivity index is 1.64. The van der Waals surface area contributed by atoms with E-state index in [4.69, 9.17) is 0 Å². The Morgan fingerprint density at radius 2 is 1.87 bits per heavy atom. The van der Waals surface area contributed by atoms with Gasteiger partial charge in [-0.2, -0.15) is 0 Å². The van der Waals surface area contributed by atoms with E-state index in [0.717, 1.165) is 6.04 Å². The molecule has 0 aromatic rings. The topological polar surface area (TPSA) is 15.3 Å². The van der Waals surface area contributed by atoms with Crippen molar-refractivity contribution in [3.05, 3.63) is 0 Å². The number of hydrogen-bond donors (Lipinski definition) is 1. The number of nitrogens with one attached hydrogen (secondary N) is 1. The molecule has 0 amide bonds. The highest BCUT2D eigenvalue weighted by Crippen LogP contribution is 2.48. The van der Waals surface area contributed by atoms with Gasteiger partial charge < -0.3 is 10.2 Å². The van der Waals surface area contributed by atoms with Crippen LogP contribution in [0, 0.1) is 5.41 Å². The molecule has 0 bridgehead atoms. The highest BCUT2D eigenvalue weighted by Gasteiger charge is 2.40. The summed E-state index contributed by atoms with van der Waals surface area (Å²) in [6, 6.07) is 0.803. The second-order valence-electron chi connectivity index (χ2n) is 5.44. The zero-order valence-electron chi connectivity index (χ0n) is 10.4. The van der Waals surface area contributed by atoms with Crippen molar-refractivity contribution in [2.45, 2.75) is 52.0 Å². The Hall–Kier alpha value is -0.0800. The van der Waals surface area contributed by atoms with Crippen molar-refractivity contribution in [3.8, 4) is 0 Å². The lowest BCUT2D eigenvalue weighted by Crippen LogP contribution is -2.43. The third-order valence-electron chi connectivity index (χ3n) is 4.51. The fourth-order valence-corrected chi connectivity index (χ4v) is 2.65. The van der Waals surface area contributed by atoms with Crippen molar-refractivity contribution in [2.75, 3.05) is 26.2 Å². The van der Waals surface area contributed by atoms with Crippen LogP contribution in [0.1, 0.15) is 46.0 Å². The maximum atomic E-state index is 3.79. The van der Waals surface area contributed by atoms with Gasteiger partial charge in [-0.15, -0.1) is 0 Å². The van der Waals surface area contributed by atoms with Gasteiger partial charge >= 0.3 is 0 Å². The fourth-order valence-electron chi connectivity index (χ4n) is 2.65. The maximum absolute atomic E-state index is 3.79. The second kappa shape index (κ2) is 4.84. The maximum Gasteiger partial charge on any atom is 0.00916 e. The summed E-state index contributed by atoms with van der Waals surface area (Å²) in [5, 5.41) is 3.79. The molecule has 0 unspecified atom stereocenters. The Morgan fingerprint density at radius 1 is 1.20 bits per heavy atom. The SMILES string of the molecule is CCN1CCC(NCC2(CC)CC2)CC1. The summed E-state index contributed by atoms with van der Waals surface area (Å²) >= 11 is 0. The number of rotatable bonds is 5. The van der Waals surface area contributed by atoms with Crippen molar-refractivity contribution in [2.24, 2.45) is 5.41 Å². The monoisotopic (exact) mass is 210 g/mol. The van der Waals surface area contributed by atoms with Crippen LogP contribution in [0.5, 0.6) is 0 Å². The third-order valence-corrected chi connectivity index (χ3v) is 4.51. The minimum Gasteiger partial charge on any atom is -0.313 e. The van der Waals surface area contributed by atoms with E-state index in [9.17, 15) is 0 Å². The minimum absolute atomic E-state index is 0.710. The summed E-state index contributed by atoms with van der Waals surface area (Å²) in [5.41, 5.74) is 0.710. The molecule has 0 aromatic heterocycles. The molecule has 15 heavy (non-hydrogen) atoms. The first-order valence-electron chi connectivity index (χ1n) is 6.74. The molecule has 2 fully saturated rings. The lowest BCUT2D eigenvalue weighted by molar-refractivity contribution is 0.201. The van der Waals surface area contributed by atoms with Gasteiger partial charge in [0.2, 0.25) is 0 Å². The van der Waals surface area contributed by atoms with Gasteiger partial charge in [0, 0.05) is 12.6 Å². The van der Waals surface area contributed by atoms with Crippen LogP contribution in [0.3, 0.4) is 0 Å². The molecule has 1 aliphatic carbocycles. The van der Waals surface area contributed by atoms with Gasteiger partial charge in [0.15, 0.2) is 0 Å². The second-order valence-corrected chi connectivity index (χ2v) is 5.44. The summed E-state index contributed by atoms with van der Waals surface area (Å²) in [5.74, 6) is 0. The van der Waals surface area contributed by atoms with Gasteiger partial charge in [-0.25, -0.2) is 0 Å². The Morgan fingerprint density at radius 3 is 2.33 bits per heavy atom. The Kier molecular flexibility index (Phi) is 3.68. The summed E-state index contributed by atoms with van der Waals surface area (Å²) in [7, 11) is 0. The molecule has 88 valence electrons. The summed E-state index contributed by atoms with van der Waals surface area (Å²) < 4.78 is 0. The molecule has 0 radical (unpaired) electrons. The molecule has 0 aromatic carbocycles. The predicted octanol–water partition coefficient (Wildman–Crippen LogP) is 2.25. The molecule has 2 rings (SSSR count). The van der Waals surface area contributed by atoms with Crippen LogP contribution < -0.4 is 5.32 Å². The van der Waals surface area contributed by atoms with Gasteiger partial charge in [-0.05, 0) is 57.2 Å². The third kappa shape index (κ3) is 2.94. The normalized spacial score (nSPS) is 26.8. The molecule has 0 spiro atoms. The van der Waals surface area contributed by atoms with Crippen LogP contribution in [0.2, 0.25) is 0 Å². The zero-order valence-corrected chi connectivity index (χ0v) is 10.4. The summed E-state index contributed by atoms with van der Waals surface area (Å²) in [6.45, 7) is 9.71. The number of piperidine rings is 1. The van der Waals surface area contributed by atoms with E-state index in [1.807, 2.05) is 0 Å². The van der Waals surface area contributed by atoms with Crippen LogP contribution in [0.15, 0.2) is 0 Å². The minimum atomic E-state index is 0.710. The Bertz CT molecular complexity index is 191. The van der Waals surface area contributed by atoms with Crippen LogP contribution in [0.25, 0.3) is 0 Å². The van der Waals surface area contributed by atoms with Gasteiger partial charge in [-0.3, -0.25) is 0 Å². The van der Waals surface area contributed by atoms with Crippen LogP contribution >= 0.6 is 0 Å². The quantitative estimate of drug-likeness (QED) is 0.749. The molecule has 1 aliphatic heterocycles. The summed E-state index contributed by atoms with van der Waals surface area (Å²) in [4.78, 5) is 2.56. The van der Waals surface area contributed by atoms with E-state index in [1.165, 1.54) is 58.3 Å². The molecule has 1 saturated heterocycles. The molecular formula is C13H26N2. The lowest BCUT2D eigenvalue weighted by Gasteiger charge is -2.32. The Labute approximate surface area is 94.4 Å². The first kappa shape index (κ1) is 11.4. The van der Waals surface area contributed by atoms with Crippen molar-refractivity contribution in [3.63, 3.8) is 0 Å². The molecule has 1 saturated carbocycles. The first-order valence-corrected chi connectivity index (χ1v) is 6.74. The molecule has 1 N–H and O–H groups in total. The van der Waals surface area contributed by atoms with E-state index in [0.29, 0.717) is 5.41 Å². The molecule has 2 nitrogen and oxygen atoms in total. The highest BCUT2D eigenvalue weighted by molar-refractivity contribution is 4.94. The van der Waals surface area contributed by atoms with Crippen molar-refractivity contribution in [1.82, 2.24) is 10.2 Å². The van der Waals surface area contributed by atoms with Gasteiger partial charge in [0.05, 0.1) is 0 Å². The molecule has 2 heteroatoms. The molecular weight excluding hydrogens is 184 g/mol. The average Bonchev–Trinajstić information content (AvgIpc) is 3.08. The van der Waals surface area contributed by atoms with E-state index in [2.05, 4.69) is 24.1 Å². The molecule has 1 heterocycles. The fraction of sp³-hybridized carbons (Fsp3) is 1.00. The number of hydrogen-bond acceptors (Lipinski definition) is 2. The zero-order chi connectivity index (χ0) is 10.7. The van der Waals surface area contributed by atoms with Gasteiger partial charge in [0.1, 0.15) is 0 Å². The van der Waals surface area contributed by atoms with Crippen molar-refractivity contribution in [1.29, 1.82) is 0 Å². The average molecular weight is 210 g/mol. The smallest absolute Gasteiger partial charge is 0.00916 e. The standard InChI is InChI=1S/C13H26N2/c1-3-13(7-8-13)11-14-12-5-9-15(4-2)10-6-12/h12,14H,3-11H2,1-2H3. The first-order chi connectivity index (χ1) is 7.28. The van der Waals surface area contributed by atoms with E-state index in [1.54, 1.807) is 0 Å². The van der Waals surface area contributed by atoms with Crippen molar-refractivity contribution >= 4 is 0 Å².